The molecule has 2 atom stereocenters. The van der Waals surface area contributed by atoms with Crippen LogP contribution in [-0.2, 0) is 6.54 Å². The fraction of sp³-hybridized carbons (Fsp3) is 0.600. The molecule has 1 aromatic carbocycles. The molecule has 20 heavy (non-hydrogen) atoms. The maximum absolute atomic E-state index is 13.1. The first kappa shape index (κ1) is 15.3. The molecule has 0 aromatic heterocycles. The van der Waals surface area contributed by atoms with Crippen LogP contribution in [0.1, 0.15) is 31.7 Å². The van der Waals surface area contributed by atoms with E-state index in [4.69, 9.17) is 0 Å². The lowest BCUT2D eigenvalue weighted by Gasteiger charge is -2.44. The summed E-state index contributed by atoms with van der Waals surface area (Å²) in [4.78, 5) is 1.76. The van der Waals surface area contributed by atoms with Crippen molar-refractivity contribution in [2.24, 2.45) is 0 Å². The summed E-state index contributed by atoms with van der Waals surface area (Å²) in [5.41, 5.74) is -1.69. The van der Waals surface area contributed by atoms with Gasteiger partial charge in [-0.3, -0.25) is 4.90 Å². The first-order chi connectivity index (χ1) is 9.32. The summed E-state index contributed by atoms with van der Waals surface area (Å²) >= 11 is 0. The lowest BCUT2D eigenvalue weighted by Crippen LogP contribution is -2.60. The maximum Gasteiger partial charge on any atom is 0.418 e. The van der Waals surface area contributed by atoms with Crippen molar-refractivity contribution in [3.05, 3.63) is 35.9 Å². The van der Waals surface area contributed by atoms with Crippen LogP contribution in [0.2, 0.25) is 0 Å². The molecule has 5 heteroatoms. The van der Waals surface area contributed by atoms with E-state index in [0.29, 0.717) is 19.5 Å². The molecule has 2 rings (SSSR count). The van der Waals surface area contributed by atoms with Crippen molar-refractivity contribution in [2.75, 3.05) is 6.54 Å². The maximum atomic E-state index is 13.1. The number of aliphatic hydroxyl groups is 1. The van der Waals surface area contributed by atoms with E-state index in [-0.39, 0.29) is 0 Å². The zero-order chi connectivity index (χ0) is 14.8. The first-order valence-corrected chi connectivity index (χ1v) is 6.89. The van der Waals surface area contributed by atoms with Gasteiger partial charge < -0.3 is 5.11 Å². The van der Waals surface area contributed by atoms with Gasteiger partial charge in [-0.05, 0) is 31.9 Å². The Balaban J connectivity index is 2.17. The minimum atomic E-state index is -4.61. The van der Waals surface area contributed by atoms with Crippen LogP contribution < -0.4 is 0 Å². The average molecular weight is 287 g/mol. The molecule has 0 radical (unpaired) electrons. The zero-order valence-electron chi connectivity index (χ0n) is 11.5. The molecule has 0 spiro atoms. The third kappa shape index (κ3) is 3.15. The number of hydrogen-bond acceptors (Lipinski definition) is 2. The Bertz CT molecular complexity index is 430. The normalized spacial score (nSPS) is 24.4. The van der Waals surface area contributed by atoms with Crippen molar-refractivity contribution < 1.29 is 18.3 Å². The summed E-state index contributed by atoms with van der Waals surface area (Å²) in [5.74, 6) is 0. The number of halogens is 3. The second-order valence-corrected chi connectivity index (χ2v) is 5.61. The van der Waals surface area contributed by atoms with Crippen LogP contribution in [0.3, 0.4) is 0 Å². The van der Waals surface area contributed by atoms with Crippen molar-refractivity contribution in [3.8, 4) is 0 Å². The van der Waals surface area contributed by atoms with E-state index in [2.05, 4.69) is 0 Å². The molecule has 2 nitrogen and oxygen atoms in total. The largest absolute Gasteiger partial charge is 0.418 e. The predicted octanol–water partition coefficient (Wildman–Crippen LogP) is 3.35. The standard InChI is InChI=1S/C15H20F3NO/c1-14(20,15(16,17)18)13-9-5-6-10-19(13)11-12-7-3-2-4-8-12/h2-4,7-8,13,20H,5-6,9-11H2,1H3. The van der Waals surface area contributed by atoms with E-state index in [1.54, 1.807) is 4.90 Å². The van der Waals surface area contributed by atoms with Crippen molar-refractivity contribution >= 4 is 0 Å². The molecule has 1 saturated heterocycles. The number of alkyl halides is 3. The Kier molecular flexibility index (Phi) is 4.39. The van der Waals surface area contributed by atoms with Gasteiger partial charge in [-0.25, -0.2) is 0 Å². The minimum Gasteiger partial charge on any atom is -0.379 e. The SMILES string of the molecule is CC(O)(C1CCCCN1Cc1ccccc1)C(F)(F)F. The summed E-state index contributed by atoms with van der Waals surface area (Å²) < 4.78 is 39.2. The Labute approximate surface area is 117 Å². The van der Waals surface area contributed by atoms with E-state index in [0.717, 1.165) is 25.3 Å². The number of benzene rings is 1. The van der Waals surface area contributed by atoms with Gasteiger partial charge in [-0.1, -0.05) is 36.8 Å². The highest BCUT2D eigenvalue weighted by Crippen LogP contribution is 2.38. The predicted molar refractivity (Wildman–Crippen MR) is 71.2 cm³/mol. The van der Waals surface area contributed by atoms with Gasteiger partial charge in [-0.2, -0.15) is 13.2 Å². The van der Waals surface area contributed by atoms with Crippen LogP contribution >= 0.6 is 0 Å². The Morgan fingerprint density at radius 1 is 1.20 bits per heavy atom. The van der Waals surface area contributed by atoms with Gasteiger partial charge in [0.15, 0.2) is 5.60 Å². The molecule has 0 amide bonds. The molecule has 1 heterocycles. The van der Waals surface area contributed by atoms with Crippen molar-refractivity contribution in [2.45, 2.75) is 50.6 Å². The summed E-state index contributed by atoms with van der Waals surface area (Å²) in [6.45, 7) is 1.92. The highest BCUT2D eigenvalue weighted by Gasteiger charge is 2.56. The minimum absolute atomic E-state index is 0.374. The molecule has 1 fully saturated rings. The van der Waals surface area contributed by atoms with E-state index >= 15 is 0 Å². The van der Waals surface area contributed by atoms with E-state index in [9.17, 15) is 18.3 Å². The van der Waals surface area contributed by atoms with Gasteiger partial charge in [-0.15, -0.1) is 0 Å². The molecule has 0 saturated carbocycles. The third-order valence-electron chi connectivity index (χ3n) is 4.06. The molecule has 1 N–H and O–H groups in total. The molecule has 0 bridgehead atoms. The van der Waals surface area contributed by atoms with E-state index in [1.165, 1.54) is 0 Å². The van der Waals surface area contributed by atoms with Crippen LogP contribution in [0.15, 0.2) is 30.3 Å². The quantitative estimate of drug-likeness (QED) is 0.921. The fourth-order valence-electron chi connectivity index (χ4n) is 2.82. The fourth-order valence-corrected chi connectivity index (χ4v) is 2.82. The van der Waals surface area contributed by atoms with Crippen molar-refractivity contribution in [1.82, 2.24) is 4.90 Å². The zero-order valence-corrected chi connectivity index (χ0v) is 11.5. The smallest absolute Gasteiger partial charge is 0.379 e. The second-order valence-electron chi connectivity index (χ2n) is 5.61. The molecular formula is C15H20F3NO. The number of rotatable bonds is 3. The van der Waals surface area contributed by atoms with Gasteiger partial charge in [0.2, 0.25) is 0 Å². The molecule has 2 unspecified atom stereocenters. The van der Waals surface area contributed by atoms with Crippen molar-refractivity contribution in [1.29, 1.82) is 0 Å². The average Bonchev–Trinajstić information content (AvgIpc) is 2.39. The second kappa shape index (κ2) is 5.74. The van der Waals surface area contributed by atoms with Crippen LogP contribution in [0.25, 0.3) is 0 Å². The number of hydrogen-bond donors (Lipinski definition) is 1. The van der Waals surface area contributed by atoms with E-state index in [1.807, 2.05) is 30.3 Å². The highest BCUT2D eigenvalue weighted by atomic mass is 19.4. The number of piperidine rings is 1. The summed E-state index contributed by atoms with van der Waals surface area (Å²) in [6, 6.07) is 8.54. The summed E-state index contributed by atoms with van der Waals surface area (Å²) in [6.07, 6.45) is -2.64. The van der Waals surface area contributed by atoms with E-state index < -0.39 is 17.8 Å². The molecule has 112 valence electrons. The van der Waals surface area contributed by atoms with Crippen LogP contribution in [0, 0.1) is 0 Å². The van der Waals surface area contributed by atoms with Crippen molar-refractivity contribution in [3.63, 3.8) is 0 Å². The Morgan fingerprint density at radius 2 is 1.85 bits per heavy atom. The Morgan fingerprint density at radius 3 is 2.45 bits per heavy atom. The highest BCUT2D eigenvalue weighted by molar-refractivity contribution is 5.15. The number of nitrogens with zero attached hydrogens (tertiary/aromatic N) is 1. The molecule has 1 aliphatic heterocycles. The monoisotopic (exact) mass is 287 g/mol. The summed E-state index contributed by atoms with van der Waals surface area (Å²) in [7, 11) is 0. The van der Waals surface area contributed by atoms with Gasteiger partial charge in [0, 0.05) is 12.6 Å². The summed E-state index contributed by atoms with van der Waals surface area (Å²) in [5, 5.41) is 9.96. The third-order valence-corrected chi connectivity index (χ3v) is 4.06. The first-order valence-electron chi connectivity index (χ1n) is 6.89. The van der Waals surface area contributed by atoms with Gasteiger partial charge in [0.1, 0.15) is 0 Å². The molecular weight excluding hydrogens is 267 g/mol. The lowest BCUT2D eigenvalue weighted by atomic mass is 9.86. The van der Waals surface area contributed by atoms with Crippen LogP contribution in [-0.4, -0.2) is 34.4 Å². The van der Waals surface area contributed by atoms with Gasteiger partial charge >= 0.3 is 6.18 Å². The molecule has 0 aliphatic carbocycles. The Hall–Kier alpha value is -1.07. The van der Waals surface area contributed by atoms with Crippen LogP contribution in [0.5, 0.6) is 0 Å². The molecule has 1 aromatic rings. The topological polar surface area (TPSA) is 23.5 Å². The van der Waals surface area contributed by atoms with Gasteiger partial charge in [0.05, 0.1) is 0 Å². The van der Waals surface area contributed by atoms with Crippen LogP contribution in [0.4, 0.5) is 13.2 Å². The van der Waals surface area contributed by atoms with Gasteiger partial charge in [0.25, 0.3) is 0 Å². The molecule has 1 aliphatic rings. The number of likely N-dealkylation sites (tertiary alicyclic amines) is 1. The lowest BCUT2D eigenvalue weighted by molar-refractivity contribution is -0.277.